The van der Waals surface area contributed by atoms with E-state index in [0.717, 1.165) is 17.2 Å². The highest BCUT2D eigenvalue weighted by molar-refractivity contribution is 5.68. The molecule has 18 heavy (non-hydrogen) atoms. The van der Waals surface area contributed by atoms with Crippen LogP contribution < -0.4 is 11.1 Å². The van der Waals surface area contributed by atoms with E-state index in [9.17, 15) is 0 Å². The van der Waals surface area contributed by atoms with Gasteiger partial charge < -0.3 is 11.1 Å². The zero-order chi connectivity index (χ0) is 13.0. The second-order valence-corrected chi connectivity index (χ2v) is 3.86. The van der Waals surface area contributed by atoms with Crippen LogP contribution in [0.15, 0.2) is 30.5 Å². The topological polar surface area (TPSA) is 87.6 Å². The number of rotatable bonds is 3. The van der Waals surface area contributed by atoms with Gasteiger partial charge in [0.15, 0.2) is 0 Å². The normalized spacial score (nSPS) is 9.78. The molecule has 0 saturated carbocycles. The molecule has 0 saturated heterocycles. The maximum Gasteiger partial charge on any atom is 0.125 e. The summed E-state index contributed by atoms with van der Waals surface area (Å²) in [6.07, 6.45) is 1.72. The average molecular weight is 239 g/mol. The number of aromatic nitrogens is 2. The quantitative estimate of drug-likeness (QED) is 0.798. The molecular weight excluding hydrogens is 226 g/mol. The summed E-state index contributed by atoms with van der Waals surface area (Å²) >= 11 is 0. The first-order valence-electron chi connectivity index (χ1n) is 5.51. The fourth-order valence-corrected chi connectivity index (χ4v) is 1.58. The molecule has 5 heteroatoms. The Morgan fingerprint density at radius 3 is 2.89 bits per heavy atom. The van der Waals surface area contributed by atoms with Crippen LogP contribution in [0.25, 0.3) is 0 Å². The van der Waals surface area contributed by atoms with Crippen molar-refractivity contribution in [1.82, 2.24) is 9.97 Å². The van der Waals surface area contributed by atoms with Crippen LogP contribution in [-0.4, -0.2) is 9.97 Å². The number of nitrogens with one attached hydrogen (secondary N) is 1. The number of hydrogen-bond donors (Lipinski definition) is 2. The number of benzene rings is 1. The third-order valence-corrected chi connectivity index (χ3v) is 2.47. The maximum atomic E-state index is 8.75. The smallest absolute Gasteiger partial charge is 0.125 e. The van der Waals surface area contributed by atoms with Gasteiger partial charge in [-0.1, -0.05) is 0 Å². The molecule has 0 aliphatic rings. The molecule has 0 atom stereocenters. The van der Waals surface area contributed by atoms with Gasteiger partial charge >= 0.3 is 0 Å². The lowest BCUT2D eigenvalue weighted by molar-refractivity contribution is 0.955. The summed E-state index contributed by atoms with van der Waals surface area (Å²) in [5.74, 6) is 0.738. The summed E-state index contributed by atoms with van der Waals surface area (Å²) < 4.78 is 0. The van der Waals surface area contributed by atoms with Crippen molar-refractivity contribution in [2.45, 2.75) is 13.5 Å². The molecule has 3 N–H and O–H groups in total. The number of nitriles is 1. The van der Waals surface area contributed by atoms with E-state index >= 15 is 0 Å². The first-order valence-corrected chi connectivity index (χ1v) is 5.51. The maximum absolute atomic E-state index is 8.75. The van der Waals surface area contributed by atoms with Crippen LogP contribution in [0.1, 0.15) is 17.1 Å². The molecule has 2 rings (SSSR count). The molecule has 1 aromatic heterocycles. The van der Waals surface area contributed by atoms with Crippen LogP contribution in [0.2, 0.25) is 0 Å². The highest BCUT2D eigenvalue weighted by atomic mass is 14.9. The van der Waals surface area contributed by atoms with Gasteiger partial charge in [0.25, 0.3) is 0 Å². The third-order valence-electron chi connectivity index (χ3n) is 2.47. The summed E-state index contributed by atoms with van der Waals surface area (Å²) in [5.41, 5.74) is 8.64. The summed E-state index contributed by atoms with van der Waals surface area (Å²) in [7, 11) is 0. The van der Waals surface area contributed by atoms with Crippen LogP contribution in [0, 0.1) is 18.3 Å². The number of anilines is 2. The molecule has 1 aromatic carbocycles. The molecule has 0 spiro atoms. The number of nitrogens with zero attached hydrogens (tertiary/aromatic N) is 3. The fraction of sp³-hybridized carbons (Fsp3) is 0.154. The van der Waals surface area contributed by atoms with Crippen molar-refractivity contribution in [2.75, 3.05) is 11.1 Å². The Bertz CT molecular complexity index is 601. The minimum absolute atomic E-state index is 0.552. The van der Waals surface area contributed by atoms with Gasteiger partial charge in [-0.25, -0.2) is 9.97 Å². The summed E-state index contributed by atoms with van der Waals surface area (Å²) in [6.45, 7) is 2.42. The van der Waals surface area contributed by atoms with Crippen LogP contribution in [0.4, 0.5) is 11.4 Å². The van der Waals surface area contributed by atoms with E-state index in [4.69, 9.17) is 11.0 Å². The van der Waals surface area contributed by atoms with Crippen molar-refractivity contribution in [3.8, 4) is 6.07 Å². The van der Waals surface area contributed by atoms with Gasteiger partial charge in [-0.3, -0.25) is 0 Å². The summed E-state index contributed by atoms with van der Waals surface area (Å²) in [5, 5.41) is 11.9. The first kappa shape index (κ1) is 11.9. The lowest BCUT2D eigenvalue weighted by Gasteiger charge is -2.09. The Labute approximate surface area is 105 Å². The van der Waals surface area contributed by atoms with E-state index in [1.165, 1.54) is 0 Å². The molecular formula is C13H13N5. The van der Waals surface area contributed by atoms with Crippen LogP contribution in [-0.2, 0) is 6.54 Å². The van der Waals surface area contributed by atoms with E-state index in [2.05, 4.69) is 15.3 Å². The lowest BCUT2D eigenvalue weighted by Crippen LogP contribution is -2.05. The number of hydrogen-bond acceptors (Lipinski definition) is 5. The van der Waals surface area contributed by atoms with Crippen molar-refractivity contribution in [3.05, 3.63) is 47.5 Å². The zero-order valence-electron chi connectivity index (χ0n) is 10.0. The second kappa shape index (κ2) is 5.15. The number of nitrogen functional groups attached to an aromatic ring is 1. The molecule has 0 aliphatic carbocycles. The Hall–Kier alpha value is -2.61. The molecule has 90 valence electrons. The highest BCUT2D eigenvalue weighted by Gasteiger charge is 2.01. The van der Waals surface area contributed by atoms with E-state index in [1.807, 2.05) is 19.1 Å². The van der Waals surface area contributed by atoms with Crippen LogP contribution >= 0.6 is 0 Å². The van der Waals surface area contributed by atoms with Crippen molar-refractivity contribution in [3.63, 3.8) is 0 Å². The van der Waals surface area contributed by atoms with Gasteiger partial charge in [0.05, 0.1) is 35.2 Å². The summed E-state index contributed by atoms with van der Waals surface area (Å²) in [6, 6.07) is 9.06. The van der Waals surface area contributed by atoms with Gasteiger partial charge in [0.2, 0.25) is 0 Å². The molecule has 0 bridgehead atoms. The molecule has 0 radical (unpaired) electrons. The third kappa shape index (κ3) is 2.74. The van der Waals surface area contributed by atoms with Crippen LogP contribution in [0.3, 0.4) is 0 Å². The van der Waals surface area contributed by atoms with Gasteiger partial charge in [-0.05, 0) is 31.2 Å². The SMILES string of the molecule is Cc1nccc(CNc2ccc(C#N)cc2N)n1. The predicted molar refractivity (Wildman–Crippen MR) is 69.7 cm³/mol. The van der Waals surface area contributed by atoms with Crippen molar-refractivity contribution in [1.29, 1.82) is 5.26 Å². The van der Waals surface area contributed by atoms with E-state index < -0.39 is 0 Å². The molecule has 5 nitrogen and oxygen atoms in total. The van der Waals surface area contributed by atoms with Crippen molar-refractivity contribution < 1.29 is 0 Å². The first-order chi connectivity index (χ1) is 8.69. The minimum atomic E-state index is 0.552. The standard InChI is InChI=1S/C13H13N5/c1-9-16-5-4-11(18-9)8-17-13-3-2-10(7-14)6-12(13)15/h2-6,17H,8,15H2,1H3. The molecule has 2 aromatic rings. The fourth-order valence-electron chi connectivity index (χ4n) is 1.58. The zero-order valence-corrected chi connectivity index (χ0v) is 10.0. The van der Waals surface area contributed by atoms with Gasteiger partial charge in [-0.15, -0.1) is 0 Å². The van der Waals surface area contributed by atoms with E-state index in [-0.39, 0.29) is 0 Å². The average Bonchev–Trinajstić information content (AvgIpc) is 2.37. The Kier molecular flexibility index (Phi) is 3.39. The van der Waals surface area contributed by atoms with Crippen molar-refractivity contribution in [2.24, 2.45) is 0 Å². The number of nitrogens with two attached hydrogens (primary N) is 1. The Morgan fingerprint density at radius 1 is 1.39 bits per heavy atom. The monoisotopic (exact) mass is 239 g/mol. The van der Waals surface area contributed by atoms with Gasteiger partial charge in [-0.2, -0.15) is 5.26 Å². The van der Waals surface area contributed by atoms with E-state index in [1.54, 1.807) is 24.4 Å². The van der Waals surface area contributed by atoms with Crippen LogP contribution in [0.5, 0.6) is 0 Å². The molecule has 0 aliphatic heterocycles. The molecule has 0 unspecified atom stereocenters. The van der Waals surface area contributed by atoms with Gasteiger partial charge in [0, 0.05) is 6.20 Å². The summed E-state index contributed by atoms with van der Waals surface area (Å²) in [4.78, 5) is 8.32. The van der Waals surface area contributed by atoms with Crippen molar-refractivity contribution >= 4 is 11.4 Å². The number of aryl methyl sites for hydroxylation is 1. The predicted octanol–water partition coefficient (Wildman–Crippen LogP) is 1.85. The lowest BCUT2D eigenvalue weighted by atomic mass is 10.2. The Balaban J connectivity index is 2.09. The minimum Gasteiger partial charge on any atom is -0.397 e. The van der Waals surface area contributed by atoms with Gasteiger partial charge in [0.1, 0.15) is 5.82 Å². The second-order valence-electron chi connectivity index (χ2n) is 3.86. The highest BCUT2D eigenvalue weighted by Crippen LogP contribution is 2.19. The van der Waals surface area contributed by atoms with E-state index in [0.29, 0.717) is 17.8 Å². The Morgan fingerprint density at radius 2 is 2.22 bits per heavy atom. The molecule has 1 heterocycles. The molecule has 0 fully saturated rings. The molecule has 0 amide bonds. The largest absolute Gasteiger partial charge is 0.397 e.